The van der Waals surface area contributed by atoms with E-state index in [1.165, 1.54) is 18.3 Å². The third kappa shape index (κ3) is 4.74. The van der Waals surface area contributed by atoms with Gasteiger partial charge in [0.1, 0.15) is 10.3 Å². The van der Waals surface area contributed by atoms with Crippen LogP contribution in [0.1, 0.15) is 5.56 Å². The van der Waals surface area contributed by atoms with E-state index in [0.29, 0.717) is 21.3 Å². The highest BCUT2D eigenvalue weighted by Gasteiger charge is 2.06. The molecule has 114 valence electrons. The normalized spacial score (nSPS) is 10.7. The molecule has 0 unspecified atom stereocenters. The Morgan fingerprint density at radius 2 is 1.73 bits per heavy atom. The van der Waals surface area contributed by atoms with Gasteiger partial charge in [0, 0.05) is 5.56 Å². The van der Waals surface area contributed by atoms with Crippen molar-refractivity contribution in [2.24, 2.45) is 5.16 Å². The SMILES string of the molecule is O=C(Nc1cc(Cl)nc(Cl)c1)ON=Cc1c(Cl)cccc1Cl. The number of hydrogen-bond donors (Lipinski definition) is 1. The maximum absolute atomic E-state index is 11.6. The van der Waals surface area contributed by atoms with Crippen molar-refractivity contribution in [2.75, 3.05) is 5.32 Å². The number of benzene rings is 1. The van der Waals surface area contributed by atoms with Crippen LogP contribution in [0.3, 0.4) is 0 Å². The van der Waals surface area contributed by atoms with Crippen LogP contribution in [0.25, 0.3) is 0 Å². The molecule has 0 bridgehead atoms. The van der Waals surface area contributed by atoms with Gasteiger partial charge in [-0.05, 0) is 24.3 Å². The quantitative estimate of drug-likeness (QED) is 0.342. The highest BCUT2D eigenvalue weighted by molar-refractivity contribution is 6.38. The average Bonchev–Trinajstić information content (AvgIpc) is 2.41. The molecule has 2 aromatic rings. The summed E-state index contributed by atoms with van der Waals surface area (Å²) in [7, 11) is 0. The van der Waals surface area contributed by atoms with Crippen molar-refractivity contribution in [1.82, 2.24) is 4.98 Å². The fourth-order valence-electron chi connectivity index (χ4n) is 1.44. The number of nitrogens with one attached hydrogen (secondary N) is 1. The smallest absolute Gasteiger partial charge is 0.298 e. The van der Waals surface area contributed by atoms with Crippen molar-refractivity contribution in [1.29, 1.82) is 0 Å². The number of carbonyl (C=O) groups is 1. The Bertz CT molecular complexity index is 697. The summed E-state index contributed by atoms with van der Waals surface area (Å²) in [6.45, 7) is 0. The van der Waals surface area contributed by atoms with Crippen LogP contribution in [0.4, 0.5) is 10.5 Å². The van der Waals surface area contributed by atoms with E-state index in [4.69, 9.17) is 46.4 Å². The van der Waals surface area contributed by atoms with Gasteiger partial charge in [-0.15, -0.1) is 0 Å². The van der Waals surface area contributed by atoms with Gasteiger partial charge in [-0.3, -0.25) is 10.2 Å². The van der Waals surface area contributed by atoms with Crippen LogP contribution in [0.15, 0.2) is 35.5 Å². The van der Waals surface area contributed by atoms with Crippen molar-refractivity contribution in [3.63, 3.8) is 0 Å². The minimum Gasteiger partial charge on any atom is -0.298 e. The van der Waals surface area contributed by atoms with Crippen LogP contribution in [-0.2, 0) is 4.84 Å². The first-order chi connectivity index (χ1) is 10.5. The lowest BCUT2D eigenvalue weighted by Crippen LogP contribution is -2.11. The lowest BCUT2D eigenvalue weighted by Gasteiger charge is -2.04. The number of aromatic nitrogens is 1. The molecule has 0 atom stereocenters. The van der Waals surface area contributed by atoms with Gasteiger partial charge in [0.15, 0.2) is 0 Å². The third-order valence-electron chi connectivity index (χ3n) is 2.33. The maximum atomic E-state index is 11.6. The van der Waals surface area contributed by atoms with Crippen LogP contribution >= 0.6 is 46.4 Å². The summed E-state index contributed by atoms with van der Waals surface area (Å²) < 4.78 is 0. The summed E-state index contributed by atoms with van der Waals surface area (Å²) in [6.07, 6.45) is 0.397. The van der Waals surface area contributed by atoms with E-state index >= 15 is 0 Å². The highest BCUT2D eigenvalue weighted by atomic mass is 35.5. The summed E-state index contributed by atoms with van der Waals surface area (Å²) in [4.78, 5) is 20.0. The number of carbonyl (C=O) groups excluding carboxylic acids is 1. The van der Waals surface area contributed by atoms with Gasteiger partial charge < -0.3 is 0 Å². The molecule has 2 rings (SSSR count). The Morgan fingerprint density at radius 1 is 1.14 bits per heavy atom. The standard InChI is InChI=1S/C13H7Cl4N3O2/c14-9-2-1-3-10(15)8(9)6-18-22-13(21)19-7-4-11(16)20-12(17)5-7/h1-6H,(H,19,20,21). The van der Waals surface area contributed by atoms with Crippen molar-refractivity contribution >= 4 is 64.4 Å². The molecule has 1 aromatic heterocycles. The average molecular weight is 379 g/mol. The zero-order valence-electron chi connectivity index (χ0n) is 10.7. The molecule has 0 aliphatic carbocycles. The van der Waals surface area contributed by atoms with Crippen LogP contribution in [0.5, 0.6) is 0 Å². The zero-order chi connectivity index (χ0) is 16.1. The second kappa shape index (κ2) is 7.65. The third-order valence-corrected chi connectivity index (χ3v) is 3.37. The summed E-state index contributed by atoms with van der Waals surface area (Å²) in [5, 5.41) is 6.94. The van der Waals surface area contributed by atoms with E-state index < -0.39 is 6.09 Å². The highest BCUT2D eigenvalue weighted by Crippen LogP contribution is 2.22. The van der Waals surface area contributed by atoms with Crippen molar-refractivity contribution in [3.05, 3.63) is 56.2 Å². The van der Waals surface area contributed by atoms with E-state index in [2.05, 4.69) is 20.3 Å². The molecule has 0 aliphatic heterocycles. The molecule has 0 saturated heterocycles. The Balaban J connectivity index is 1.99. The largest absolute Gasteiger partial charge is 0.437 e. The Labute approximate surface area is 145 Å². The fraction of sp³-hybridized carbons (Fsp3) is 0. The number of nitrogens with zero attached hydrogens (tertiary/aromatic N) is 2. The molecule has 0 aliphatic rings. The number of hydrogen-bond acceptors (Lipinski definition) is 4. The monoisotopic (exact) mass is 377 g/mol. The molecule has 1 amide bonds. The summed E-state index contributed by atoms with van der Waals surface area (Å²) in [6, 6.07) is 7.77. The predicted octanol–water partition coefficient (Wildman–Crippen LogP) is 5.28. The second-order valence-corrected chi connectivity index (χ2v) is 5.46. The molecule has 9 heteroatoms. The van der Waals surface area contributed by atoms with Crippen LogP contribution < -0.4 is 5.32 Å². The number of anilines is 1. The van der Waals surface area contributed by atoms with Crippen LogP contribution in [0.2, 0.25) is 20.4 Å². The molecular weight excluding hydrogens is 372 g/mol. The summed E-state index contributed by atoms with van der Waals surface area (Å²) in [5.41, 5.74) is 0.759. The van der Waals surface area contributed by atoms with Crippen LogP contribution in [-0.4, -0.2) is 17.3 Å². The maximum Gasteiger partial charge on any atom is 0.437 e. The Kier molecular flexibility index (Phi) is 5.85. The molecule has 0 saturated carbocycles. The summed E-state index contributed by atoms with van der Waals surface area (Å²) in [5.74, 6) is 0. The molecule has 1 aromatic carbocycles. The molecule has 0 spiro atoms. The minimum atomic E-state index is -0.835. The van der Waals surface area contributed by atoms with E-state index in [9.17, 15) is 4.79 Å². The lowest BCUT2D eigenvalue weighted by molar-refractivity contribution is 0.167. The zero-order valence-corrected chi connectivity index (χ0v) is 13.7. The first-order valence-corrected chi connectivity index (χ1v) is 7.25. The van der Waals surface area contributed by atoms with Gasteiger partial charge in [0.25, 0.3) is 0 Å². The van der Waals surface area contributed by atoms with Crippen molar-refractivity contribution in [3.8, 4) is 0 Å². The first kappa shape index (κ1) is 16.8. The predicted molar refractivity (Wildman–Crippen MR) is 88.4 cm³/mol. The number of rotatable bonds is 3. The number of oxime groups is 1. The number of pyridine rings is 1. The summed E-state index contributed by atoms with van der Waals surface area (Å²) >= 11 is 23.3. The molecule has 1 N–H and O–H groups in total. The second-order valence-electron chi connectivity index (χ2n) is 3.87. The van der Waals surface area contributed by atoms with E-state index in [-0.39, 0.29) is 10.3 Å². The van der Waals surface area contributed by atoms with Gasteiger partial charge in [-0.1, -0.05) is 57.6 Å². The van der Waals surface area contributed by atoms with Gasteiger partial charge in [0.05, 0.1) is 21.9 Å². The molecule has 1 heterocycles. The minimum absolute atomic E-state index is 0.133. The lowest BCUT2D eigenvalue weighted by atomic mass is 10.2. The van der Waals surface area contributed by atoms with Crippen molar-refractivity contribution < 1.29 is 9.63 Å². The van der Waals surface area contributed by atoms with Gasteiger partial charge in [0.2, 0.25) is 0 Å². The van der Waals surface area contributed by atoms with E-state index in [1.54, 1.807) is 18.2 Å². The number of amides is 1. The molecule has 5 nitrogen and oxygen atoms in total. The van der Waals surface area contributed by atoms with Crippen LogP contribution in [0, 0.1) is 0 Å². The molecule has 0 fully saturated rings. The first-order valence-electron chi connectivity index (χ1n) is 5.74. The van der Waals surface area contributed by atoms with Gasteiger partial charge in [-0.25, -0.2) is 9.78 Å². The van der Waals surface area contributed by atoms with Gasteiger partial charge >= 0.3 is 6.09 Å². The van der Waals surface area contributed by atoms with Crippen molar-refractivity contribution in [2.45, 2.75) is 0 Å². The molecular formula is C13H7Cl4N3O2. The topological polar surface area (TPSA) is 63.6 Å². The Morgan fingerprint density at radius 3 is 2.32 bits per heavy atom. The molecule has 22 heavy (non-hydrogen) atoms. The Hall–Kier alpha value is -1.53. The number of halogens is 4. The van der Waals surface area contributed by atoms with E-state index in [0.717, 1.165) is 0 Å². The fourth-order valence-corrected chi connectivity index (χ4v) is 2.39. The molecule has 0 radical (unpaired) electrons. The van der Waals surface area contributed by atoms with Gasteiger partial charge in [-0.2, -0.15) is 0 Å². The van der Waals surface area contributed by atoms with E-state index in [1.807, 2.05) is 0 Å².